The van der Waals surface area contributed by atoms with Crippen LogP contribution in [0.25, 0.3) is 0 Å². The monoisotopic (exact) mass is 319 g/mol. The van der Waals surface area contributed by atoms with Crippen LogP contribution in [-0.4, -0.2) is 17.2 Å². The minimum atomic E-state index is 0.174. The number of hydrogen-bond donors (Lipinski definition) is 1. The van der Waals surface area contributed by atoms with E-state index in [9.17, 15) is 0 Å². The molecule has 0 fully saturated rings. The van der Waals surface area contributed by atoms with E-state index in [-0.39, 0.29) is 5.41 Å². The Hall–Kier alpha value is -0.000000000000000111. The third kappa shape index (κ3) is 2.05. The molecule has 0 amide bonds. The Labute approximate surface area is 112 Å². The molecule has 1 heterocycles. The van der Waals surface area contributed by atoms with Crippen molar-refractivity contribution >= 4 is 44.7 Å². The van der Waals surface area contributed by atoms with Gasteiger partial charge in [0.25, 0.3) is 0 Å². The Balaban J connectivity index is 2.61. The maximum atomic E-state index is 9.17. The van der Waals surface area contributed by atoms with E-state index in [1.165, 1.54) is 13.6 Å². The molecule has 2 rings (SSSR count). The molecule has 0 radical (unpaired) electrons. The average molecular weight is 320 g/mol. The van der Waals surface area contributed by atoms with Crippen LogP contribution in [0.3, 0.4) is 0 Å². The van der Waals surface area contributed by atoms with Crippen LogP contribution < -0.4 is 0 Å². The Morgan fingerprint density at radius 1 is 1.44 bits per heavy atom. The number of halogens is 1. The smallest absolute Gasteiger partial charge is 0.0896 e. The summed E-state index contributed by atoms with van der Waals surface area (Å²) in [6.45, 7) is 4.42. The molecule has 1 aromatic rings. The van der Waals surface area contributed by atoms with E-state index < -0.39 is 0 Å². The zero-order valence-electron chi connectivity index (χ0n) is 9.50. The SMILES string of the molecule is CSc1sc(Br)c2c1C(=NO)CC(C)(C)C2. The molecule has 1 N–H and O–H groups in total. The summed E-state index contributed by atoms with van der Waals surface area (Å²) in [6, 6.07) is 0. The zero-order valence-corrected chi connectivity index (χ0v) is 12.7. The number of nitrogens with zero attached hydrogens (tertiary/aromatic N) is 1. The van der Waals surface area contributed by atoms with Crippen molar-refractivity contribution in [3.63, 3.8) is 0 Å². The van der Waals surface area contributed by atoms with Crippen LogP contribution in [0.2, 0.25) is 0 Å². The minimum absolute atomic E-state index is 0.174. The molecule has 1 aliphatic carbocycles. The summed E-state index contributed by atoms with van der Waals surface area (Å²) >= 11 is 7.08. The average Bonchev–Trinajstić information content (AvgIpc) is 2.53. The lowest BCUT2D eigenvalue weighted by Gasteiger charge is -2.30. The van der Waals surface area contributed by atoms with Gasteiger partial charge < -0.3 is 5.21 Å². The fourth-order valence-electron chi connectivity index (χ4n) is 2.18. The minimum Gasteiger partial charge on any atom is -0.411 e. The van der Waals surface area contributed by atoms with Crippen LogP contribution in [0.5, 0.6) is 0 Å². The van der Waals surface area contributed by atoms with Crippen LogP contribution in [0, 0.1) is 5.41 Å². The molecule has 0 saturated heterocycles. The second-order valence-electron chi connectivity index (χ2n) is 4.79. The largest absolute Gasteiger partial charge is 0.411 e. The fourth-order valence-corrected chi connectivity index (χ4v) is 5.15. The fraction of sp³-hybridized carbons (Fsp3) is 0.545. The Bertz CT molecular complexity index is 451. The number of oxime groups is 1. The van der Waals surface area contributed by atoms with Crippen LogP contribution in [0.4, 0.5) is 0 Å². The molecule has 1 aromatic heterocycles. The second kappa shape index (κ2) is 4.35. The van der Waals surface area contributed by atoms with Gasteiger partial charge in [-0.15, -0.1) is 23.1 Å². The first-order valence-corrected chi connectivity index (χ1v) is 7.88. The third-order valence-corrected chi connectivity index (χ3v) is 5.93. The van der Waals surface area contributed by atoms with Gasteiger partial charge >= 0.3 is 0 Å². The first-order chi connectivity index (χ1) is 7.48. The van der Waals surface area contributed by atoms with E-state index in [0.29, 0.717) is 0 Å². The molecule has 0 atom stereocenters. The predicted octanol–water partition coefficient (Wildman–Crippen LogP) is 4.38. The molecular weight excluding hydrogens is 306 g/mol. The van der Waals surface area contributed by atoms with Crippen molar-refractivity contribution in [1.82, 2.24) is 0 Å². The summed E-state index contributed by atoms with van der Waals surface area (Å²) in [5.74, 6) is 0. The van der Waals surface area contributed by atoms with Crippen LogP contribution in [0.1, 0.15) is 31.4 Å². The van der Waals surface area contributed by atoms with Crippen molar-refractivity contribution in [2.24, 2.45) is 10.6 Å². The molecule has 16 heavy (non-hydrogen) atoms. The molecule has 88 valence electrons. The van der Waals surface area contributed by atoms with E-state index in [4.69, 9.17) is 5.21 Å². The van der Waals surface area contributed by atoms with Crippen LogP contribution in [0.15, 0.2) is 13.2 Å². The predicted molar refractivity (Wildman–Crippen MR) is 74.2 cm³/mol. The van der Waals surface area contributed by atoms with Gasteiger partial charge in [-0.1, -0.05) is 19.0 Å². The van der Waals surface area contributed by atoms with Crippen molar-refractivity contribution in [3.05, 3.63) is 14.9 Å². The van der Waals surface area contributed by atoms with Gasteiger partial charge in [0.2, 0.25) is 0 Å². The first kappa shape index (κ1) is 12.5. The highest BCUT2D eigenvalue weighted by Gasteiger charge is 2.34. The number of hydrogen-bond acceptors (Lipinski definition) is 4. The summed E-state index contributed by atoms with van der Waals surface area (Å²) in [7, 11) is 0. The van der Waals surface area contributed by atoms with E-state index in [1.54, 1.807) is 23.1 Å². The van der Waals surface area contributed by atoms with E-state index in [2.05, 4.69) is 41.2 Å². The molecule has 0 aromatic carbocycles. The molecule has 0 bridgehead atoms. The van der Waals surface area contributed by atoms with Gasteiger partial charge in [-0.3, -0.25) is 0 Å². The highest BCUT2D eigenvalue weighted by molar-refractivity contribution is 9.11. The van der Waals surface area contributed by atoms with Crippen molar-refractivity contribution in [2.75, 3.05) is 6.26 Å². The van der Waals surface area contributed by atoms with Gasteiger partial charge in [-0.05, 0) is 46.0 Å². The molecule has 0 aliphatic heterocycles. The van der Waals surface area contributed by atoms with Gasteiger partial charge in [0.15, 0.2) is 0 Å². The van der Waals surface area contributed by atoms with E-state index in [1.807, 2.05) is 0 Å². The van der Waals surface area contributed by atoms with Crippen molar-refractivity contribution in [2.45, 2.75) is 30.9 Å². The van der Waals surface area contributed by atoms with Gasteiger partial charge in [0.1, 0.15) is 0 Å². The molecule has 1 aliphatic rings. The lowest BCUT2D eigenvalue weighted by Crippen LogP contribution is -2.27. The standard InChI is InChI=1S/C11H14BrNOS2/c1-11(2)4-6-8(7(5-11)13-14)10(15-3)16-9(6)12/h14H,4-5H2,1-3H3. The Morgan fingerprint density at radius 3 is 2.69 bits per heavy atom. The van der Waals surface area contributed by atoms with Crippen LogP contribution >= 0.6 is 39.0 Å². The van der Waals surface area contributed by atoms with Gasteiger partial charge in [0.05, 0.1) is 13.7 Å². The van der Waals surface area contributed by atoms with Crippen molar-refractivity contribution in [3.8, 4) is 0 Å². The normalized spacial score (nSPS) is 21.1. The van der Waals surface area contributed by atoms with Gasteiger partial charge in [-0.2, -0.15) is 0 Å². The summed E-state index contributed by atoms with van der Waals surface area (Å²) in [5, 5.41) is 12.7. The second-order valence-corrected chi connectivity index (χ2v) is 8.20. The molecule has 0 unspecified atom stereocenters. The number of fused-ring (bicyclic) bond motifs is 1. The van der Waals surface area contributed by atoms with Crippen molar-refractivity contribution < 1.29 is 5.21 Å². The Morgan fingerprint density at radius 2 is 2.12 bits per heavy atom. The van der Waals surface area contributed by atoms with Gasteiger partial charge in [0, 0.05) is 5.56 Å². The number of thiophene rings is 1. The molecule has 0 spiro atoms. The molecule has 5 heteroatoms. The summed E-state index contributed by atoms with van der Waals surface area (Å²) < 4.78 is 2.42. The first-order valence-electron chi connectivity index (χ1n) is 5.05. The molecule has 2 nitrogen and oxygen atoms in total. The lowest BCUT2D eigenvalue weighted by molar-refractivity contribution is 0.306. The highest BCUT2D eigenvalue weighted by atomic mass is 79.9. The summed E-state index contributed by atoms with van der Waals surface area (Å²) in [4.78, 5) is 0. The maximum absolute atomic E-state index is 9.17. The maximum Gasteiger partial charge on any atom is 0.0896 e. The lowest BCUT2D eigenvalue weighted by atomic mass is 9.75. The topological polar surface area (TPSA) is 32.6 Å². The third-order valence-electron chi connectivity index (χ3n) is 2.82. The number of rotatable bonds is 1. The summed E-state index contributed by atoms with van der Waals surface area (Å²) in [5.41, 5.74) is 3.47. The number of thioether (sulfide) groups is 1. The molecule has 0 saturated carbocycles. The zero-order chi connectivity index (χ0) is 11.9. The summed E-state index contributed by atoms with van der Waals surface area (Å²) in [6.07, 6.45) is 3.94. The van der Waals surface area contributed by atoms with Gasteiger partial charge in [-0.25, -0.2) is 0 Å². The molecular formula is C11H14BrNOS2. The Kier molecular flexibility index (Phi) is 3.39. The highest BCUT2D eigenvalue weighted by Crippen LogP contribution is 2.46. The van der Waals surface area contributed by atoms with E-state index >= 15 is 0 Å². The van der Waals surface area contributed by atoms with Crippen LogP contribution in [-0.2, 0) is 6.42 Å². The quantitative estimate of drug-likeness (QED) is 0.473. The van der Waals surface area contributed by atoms with Crippen molar-refractivity contribution in [1.29, 1.82) is 0 Å². The van der Waals surface area contributed by atoms with E-state index in [0.717, 1.165) is 24.1 Å².